The van der Waals surface area contributed by atoms with E-state index < -0.39 is 11.9 Å². The predicted octanol–water partition coefficient (Wildman–Crippen LogP) is 5.67. The van der Waals surface area contributed by atoms with Crippen molar-refractivity contribution in [1.82, 2.24) is 5.32 Å². The number of carbonyl (C=O) groups is 2. The summed E-state index contributed by atoms with van der Waals surface area (Å²) in [6.07, 6.45) is 1.60. The Bertz CT molecular complexity index is 1140. The molecular weight excluding hydrogens is 423 g/mol. The van der Waals surface area contributed by atoms with Crippen LogP contribution in [0, 0.1) is 0 Å². The van der Waals surface area contributed by atoms with Gasteiger partial charge in [0, 0.05) is 15.6 Å². The standard InChI is InChI=1S/C23H16Cl2N2O3/c24-17-10-8-15(9-11-17)14-30-21-7-2-1-4-16(21)12-20-22(28)27(23(29)26-20)19-6-3-5-18(25)13-19/h1-13H,14H2,(H,26,29)/b20-12+. The number of rotatable bonds is 5. The molecule has 0 spiro atoms. The van der Waals surface area contributed by atoms with Crippen molar-refractivity contribution in [2.24, 2.45) is 0 Å². The second-order valence-corrected chi connectivity index (χ2v) is 7.43. The zero-order valence-corrected chi connectivity index (χ0v) is 17.2. The number of imide groups is 1. The average molecular weight is 439 g/mol. The first-order chi connectivity index (χ1) is 14.5. The monoisotopic (exact) mass is 438 g/mol. The highest BCUT2D eigenvalue weighted by atomic mass is 35.5. The van der Waals surface area contributed by atoms with Gasteiger partial charge in [-0.2, -0.15) is 0 Å². The van der Waals surface area contributed by atoms with Crippen LogP contribution in [0.1, 0.15) is 11.1 Å². The Hall–Kier alpha value is -3.28. The average Bonchev–Trinajstić information content (AvgIpc) is 3.01. The third-order valence-electron chi connectivity index (χ3n) is 4.47. The molecule has 4 rings (SSSR count). The fourth-order valence-corrected chi connectivity index (χ4v) is 3.32. The molecule has 1 aliphatic heterocycles. The van der Waals surface area contributed by atoms with Crippen LogP contribution >= 0.6 is 23.2 Å². The number of ether oxygens (including phenoxy) is 1. The van der Waals surface area contributed by atoms with Crippen LogP contribution in [0.25, 0.3) is 6.08 Å². The van der Waals surface area contributed by atoms with E-state index in [0.29, 0.717) is 33.7 Å². The molecule has 5 nitrogen and oxygen atoms in total. The van der Waals surface area contributed by atoms with Gasteiger partial charge < -0.3 is 10.1 Å². The minimum Gasteiger partial charge on any atom is -0.488 e. The lowest BCUT2D eigenvalue weighted by atomic mass is 10.1. The minimum atomic E-state index is -0.534. The molecule has 3 aromatic carbocycles. The molecule has 1 saturated heterocycles. The molecule has 0 bridgehead atoms. The summed E-state index contributed by atoms with van der Waals surface area (Å²) in [5.41, 5.74) is 2.19. The summed E-state index contributed by atoms with van der Waals surface area (Å²) < 4.78 is 5.92. The lowest BCUT2D eigenvalue weighted by Crippen LogP contribution is -2.30. The van der Waals surface area contributed by atoms with Crippen molar-refractivity contribution >= 4 is 46.9 Å². The maximum absolute atomic E-state index is 12.8. The Labute approximate surface area is 183 Å². The molecule has 1 N–H and O–H groups in total. The number of amides is 3. The number of halogens is 2. The van der Waals surface area contributed by atoms with Crippen LogP contribution in [-0.4, -0.2) is 11.9 Å². The van der Waals surface area contributed by atoms with Gasteiger partial charge in [0.05, 0.1) is 5.69 Å². The van der Waals surface area contributed by atoms with Crippen LogP contribution in [0.5, 0.6) is 5.75 Å². The van der Waals surface area contributed by atoms with E-state index in [0.717, 1.165) is 10.5 Å². The van der Waals surface area contributed by atoms with Crippen molar-refractivity contribution in [3.63, 3.8) is 0 Å². The summed E-state index contributed by atoms with van der Waals surface area (Å²) in [5, 5.41) is 3.71. The zero-order valence-electron chi connectivity index (χ0n) is 15.6. The fraction of sp³-hybridized carbons (Fsp3) is 0.0435. The van der Waals surface area contributed by atoms with Gasteiger partial charge in [-0.15, -0.1) is 0 Å². The van der Waals surface area contributed by atoms with E-state index in [1.54, 1.807) is 48.5 Å². The van der Waals surface area contributed by atoms with Gasteiger partial charge in [-0.05, 0) is 48.0 Å². The third kappa shape index (κ3) is 4.32. The zero-order chi connectivity index (χ0) is 21.1. The Balaban J connectivity index is 1.57. The normalized spacial score (nSPS) is 14.9. The van der Waals surface area contributed by atoms with Crippen LogP contribution in [0.15, 0.2) is 78.5 Å². The van der Waals surface area contributed by atoms with Gasteiger partial charge in [0.15, 0.2) is 0 Å². The van der Waals surface area contributed by atoms with Gasteiger partial charge in [-0.1, -0.05) is 59.6 Å². The van der Waals surface area contributed by atoms with Gasteiger partial charge in [0.1, 0.15) is 18.1 Å². The molecule has 1 fully saturated rings. The number of nitrogens with zero attached hydrogens (tertiary/aromatic N) is 1. The molecule has 150 valence electrons. The third-order valence-corrected chi connectivity index (χ3v) is 4.96. The Morgan fingerprint density at radius 1 is 0.900 bits per heavy atom. The fourth-order valence-electron chi connectivity index (χ4n) is 3.01. The highest BCUT2D eigenvalue weighted by Gasteiger charge is 2.35. The number of para-hydroxylation sites is 1. The Morgan fingerprint density at radius 3 is 2.43 bits per heavy atom. The van der Waals surface area contributed by atoms with Crippen LogP contribution < -0.4 is 15.0 Å². The summed E-state index contributed by atoms with van der Waals surface area (Å²) >= 11 is 11.9. The number of hydrogen-bond acceptors (Lipinski definition) is 3. The van der Waals surface area contributed by atoms with Crippen molar-refractivity contribution < 1.29 is 14.3 Å². The molecule has 0 saturated carbocycles. The van der Waals surface area contributed by atoms with Gasteiger partial charge in [0.2, 0.25) is 0 Å². The highest BCUT2D eigenvalue weighted by molar-refractivity contribution is 6.32. The maximum Gasteiger partial charge on any atom is 0.333 e. The van der Waals surface area contributed by atoms with E-state index in [9.17, 15) is 9.59 Å². The molecule has 0 aliphatic carbocycles. The van der Waals surface area contributed by atoms with Crippen LogP contribution in [0.3, 0.4) is 0 Å². The molecule has 30 heavy (non-hydrogen) atoms. The number of benzene rings is 3. The summed E-state index contributed by atoms with van der Waals surface area (Å²) in [6, 6.07) is 20.7. The number of nitrogens with one attached hydrogen (secondary N) is 1. The topological polar surface area (TPSA) is 58.6 Å². The second-order valence-electron chi connectivity index (χ2n) is 6.56. The number of urea groups is 1. The second kappa shape index (κ2) is 8.61. The van der Waals surface area contributed by atoms with Crippen molar-refractivity contribution in [2.45, 2.75) is 6.61 Å². The van der Waals surface area contributed by atoms with Gasteiger partial charge >= 0.3 is 6.03 Å². The Morgan fingerprint density at radius 2 is 1.67 bits per heavy atom. The van der Waals surface area contributed by atoms with E-state index in [1.165, 1.54) is 0 Å². The van der Waals surface area contributed by atoms with Crippen molar-refractivity contribution in [2.75, 3.05) is 4.90 Å². The summed E-state index contributed by atoms with van der Waals surface area (Å²) in [5.74, 6) is 0.123. The lowest BCUT2D eigenvalue weighted by molar-refractivity contribution is -0.113. The minimum absolute atomic E-state index is 0.155. The Kier molecular flexibility index (Phi) is 5.74. The molecule has 3 amide bonds. The smallest absolute Gasteiger partial charge is 0.333 e. The first-order valence-corrected chi connectivity index (χ1v) is 9.86. The number of carbonyl (C=O) groups excluding carboxylic acids is 2. The van der Waals surface area contributed by atoms with Crippen molar-refractivity contribution in [3.05, 3.63) is 99.7 Å². The van der Waals surface area contributed by atoms with Crippen LogP contribution in [-0.2, 0) is 11.4 Å². The van der Waals surface area contributed by atoms with Crippen molar-refractivity contribution in [1.29, 1.82) is 0 Å². The van der Waals surface area contributed by atoms with Gasteiger partial charge in [-0.3, -0.25) is 4.79 Å². The predicted molar refractivity (Wildman–Crippen MR) is 118 cm³/mol. The van der Waals surface area contributed by atoms with E-state index in [1.807, 2.05) is 30.3 Å². The van der Waals surface area contributed by atoms with E-state index in [4.69, 9.17) is 27.9 Å². The first kappa shape index (κ1) is 20.0. The van der Waals surface area contributed by atoms with Crippen LogP contribution in [0.2, 0.25) is 10.0 Å². The molecular formula is C23H16Cl2N2O3. The van der Waals surface area contributed by atoms with Gasteiger partial charge in [0.25, 0.3) is 5.91 Å². The van der Waals surface area contributed by atoms with Crippen molar-refractivity contribution in [3.8, 4) is 5.75 Å². The van der Waals surface area contributed by atoms with E-state index >= 15 is 0 Å². The van der Waals surface area contributed by atoms with E-state index in [2.05, 4.69) is 5.32 Å². The molecule has 0 unspecified atom stereocenters. The number of hydrogen-bond donors (Lipinski definition) is 1. The lowest BCUT2D eigenvalue weighted by Gasteiger charge is -2.12. The summed E-state index contributed by atoms with van der Waals surface area (Å²) in [6.45, 7) is 0.340. The first-order valence-electron chi connectivity index (χ1n) is 9.10. The molecule has 0 radical (unpaired) electrons. The van der Waals surface area contributed by atoms with Gasteiger partial charge in [-0.25, -0.2) is 9.69 Å². The molecule has 7 heteroatoms. The molecule has 3 aromatic rings. The molecule has 1 aliphatic rings. The summed E-state index contributed by atoms with van der Waals surface area (Å²) in [7, 11) is 0. The summed E-state index contributed by atoms with van der Waals surface area (Å²) in [4.78, 5) is 26.3. The van der Waals surface area contributed by atoms with E-state index in [-0.39, 0.29) is 5.70 Å². The largest absolute Gasteiger partial charge is 0.488 e. The highest BCUT2D eigenvalue weighted by Crippen LogP contribution is 2.27. The van der Waals surface area contributed by atoms with Crippen LogP contribution in [0.4, 0.5) is 10.5 Å². The molecule has 0 atom stereocenters. The molecule has 0 aromatic heterocycles. The number of anilines is 1. The maximum atomic E-state index is 12.8. The molecule has 1 heterocycles. The quantitative estimate of drug-likeness (QED) is 0.412. The SMILES string of the molecule is O=C1N/C(=C/c2ccccc2OCc2ccc(Cl)cc2)C(=O)N1c1cccc(Cl)c1.